The Balaban J connectivity index is 2.12. The van der Waals surface area contributed by atoms with Gasteiger partial charge in [-0.2, -0.15) is 5.26 Å². The van der Waals surface area contributed by atoms with Gasteiger partial charge in [0.1, 0.15) is 11.9 Å². The van der Waals surface area contributed by atoms with Crippen LogP contribution >= 0.6 is 0 Å². The van der Waals surface area contributed by atoms with Gasteiger partial charge in [-0.15, -0.1) is 0 Å². The summed E-state index contributed by atoms with van der Waals surface area (Å²) in [5.41, 5.74) is 6.71. The van der Waals surface area contributed by atoms with Crippen LogP contribution in [0.25, 0.3) is 0 Å². The van der Waals surface area contributed by atoms with Crippen LogP contribution in [-0.2, 0) is 11.2 Å². The maximum Gasteiger partial charge on any atom is 0.251 e. The third-order valence-corrected chi connectivity index (χ3v) is 3.25. The number of hydrogen-bond acceptors (Lipinski definition) is 3. The van der Waals surface area contributed by atoms with Crippen LogP contribution in [0.1, 0.15) is 21.5 Å². The second-order valence-corrected chi connectivity index (χ2v) is 4.95. The Morgan fingerprint density at radius 1 is 1.22 bits per heavy atom. The lowest BCUT2D eigenvalue weighted by Crippen LogP contribution is -2.45. The first kappa shape index (κ1) is 16.2. The predicted molar refractivity (Wildman–Crippen MR) is 81.7 cm³/mol. The molecule has 0 radical (unpaired) electrons. The van der Waals surface area contributed by atoms with Crippen molar-refractivity contribution in [3.05, 3.63) is 71.0 Å². The summed E-state index contributed by atoms with van der Waals surface area (Å²) in [5, 5.41) is 11.4. The predicted octanol–water partition coefficient (Wildman–Crippen LogP) is 1.52. The highest BCUT2D eigenvalue weighted by atomic mass is 19.1. The Labute approximate surface area is 132 Å². The van der Waals surface area contributed by atoms with E-state index in [0.29, 0.717) is 11.1 Å². The largest absolute Gasteiger partial charge is 0.368 e. The number of carbonyl (C=O) groups is 2. The van der Waals surface area contributed by atoms with Crippen LogP contribution in [0, 0.1) is 17.1 Å². The van der Waals surface area contributed by atoms with Crippen molar-refractivity contribution in [2.45, 2.75) is 12.5 Å². The van der Waals surface area contributed by atoms with E-state index in [1.54, 1.807) is 24.3 Å². The topological polar surface area (TPSA) is 96.0 Å². The second kappa shape index (κ2) is 7.18. The number of carbonyl (C=O) groups excluding carboxylic acids is 2. The molecule has 23 heavy (non-hydrogen) atoms. The molecule has 0 unspecified atom stereocenters. The Morgan fingerprint density at radius 3 is 2.52 bits per heavy atom. The summed E-state index contributed by atoms with van der Waals surface area (Å²) in [6.07, 6.45) is 0.164. The molecule has 0 spiro atoms. The number of rotatable bonds is 5. The van der Waals surface area contributed by atoms with Gasteiger partial charge in [-0.05, 0) is 42.0 Å². The van der Waals surface area contributed by atoms with Gasteiger partial charge in [-0.1, -0.05) is 12.1 Å². The second-order valence-electron chi connectivity index (χ2n) is 4.95. The number of primary amides is 1. The lowest BCUT2D eigenvalue weighted by molar-refractivity contribution is -0.119. The van der Waals surface area contributed by atoms with E-state index in [2.05, 4.69) is 5.32 Å². The molecule has 0 aliphatic rings. The Morgan fingerprint density at radius 2 is 1.91 bits per heavy atom. The molecular weight excluding hydrogens is 297 g/mol. The molecule has 0 heterocycles. The highest BCUT2D eigenvalue weighted by molar-refractivity contribution is 5.97. The first-order valence-corrected chi connectivity index (χ1v) is 6.84. The van der Waals surface area contributed by atoms with Crippen molar-refractivity contribution in [3.8, 4) is 6.07 Å². The van der Waals surface area contributed by atoms with E-state index in [1.165, 1.54) is 12.1 Å². The van der Waals surface area contributed by atoms with Gasteiger partial charge < -0.3 is 11.1 Å². The molecule has 6 heteroatoms. The smallest absolute Gasteiger partial charge is 0.251 e. The highest BCUT2D eigenvalue weighted by Gasteiger charge is 2.19. The van der Waals surface area contributed by atoms with Crippen LogP contribution in [0.3, 0.4) is 0 Å². The van der Waals surface area contributed by atoms with E-state index >= 15 is 0 Å². The van der Waals surface area contributed by atoms with Crippen LogP contribution in [0.15, 0.2) is 48.5 Å². The summed E-state index contributed by atoms with van der Waals surface area (Å²) in [6.45, 7) is 0. The molecule has 3 N–H and O–H groups in total. The van der Waals surface area contributed by atoms with Crippen molar-refractivity contribution < 1.29 is 14.0 Å². The maximum atomic E-state index is 12.9. The standard InChI is InChI=1S/C17H14FN3O2/c18-14-6-4-13(5-7-14)17(23)21-15(16(20)22)9-11-2-1-3-12(8-11)10-19/h1-8,15H,9H2,(H2,20,22)(H,21,23)/t15-/m1/s1. The first-order chi connectivity index (χ1) is 11.0. The number of nitrogens with two attached hydrogens (primary N) is 1. The molecule has 0 saturated carbocycles. The zero-order valence-corrected chi connectivity index (χ0v) is 12.1. The molecule has 1 atom stereocenters. The monoisotopic (exact) mass is 311 g/mol. The van der Waals surface area contributed by atoms with E-state index in [-0.39, 0.29) is 12.0 Å². The summed E-state index contributed by atoms with van der Waals surface area (Å²) in [7, 11) is 0. The summed E-state index contributed by atoms with van der Waals surface area (Å²) < 4.78 is 12.9. The van der Waals surface area contributed by atoms with E-state index < -0.39 is 23.7 Å². The van der Waals surface area contributed by atoms with E-state index in [0.717, 1.165) is 12.1 Å². The van der Waals surface area contributed by atoms with Crippen molar-refractivity contribution in [3.63, 3.8) is 0 Å². The van der Waals surface area contributed by atoms with Crippen LogP contribution in [0.5, 0.6) is 0 Å². The minimum Gasteiger partial charge on any atom is -0.368 e. The zero-order chi connectivity index (χ0) is 16.8. The Kier molecular flexibility index (Phi) is 5.05. The van der Waals surface area contributed by atoms with Crippen molar-refractivity contribution in [1.29, 1.82) is 5.26 Å². The molecule has 0 saturated heterocycles. The fraction of sp³-hybridized carbons (Fsp3) is 0.118. The molecule has 0 fully saturated rings. The fourth-order valence-corrected chi connectivity index (χ4v) is 2.07. The molecular formula is C17H14FN3O2. The third-order valence-electron chi connectivity index (χ3n) is 3.25. The quantitative estimate of drug-likeness (QED) is 0.876. The average molecular weight is 311 g/mol. The maximum absolute atomic E-state index is 12.9. The molecule has 2 aromatic rings. The number of amides is 2. The number of benzene rings is 2. The average Bonchev–Trinajstić information content (AvgIpc) is 2.54. The number of nitrogens with one attached hydrogen (secondary N) is 1. The molecule has 5 nitrogen and oxygen atoms in total. The van der Waals surface area contributed by atoms with Gasteiger partial charge in [0.05, 0.1) is 11.6 Å². The van der Waals surface area contributed by atoms with Gasteiger partial charge in [0.25, 0.3) is 5.91 Å². The molecule has 2 aromatic carbocycles. The minimum absolute atomic E-state index is 0.164. The normalized spacial score (nSPS) is 11.3. The SMILES string of the molecule is N#Cc1cccc(C[C@@H](NC(=O)c2ccc(F)cc2)C(N)=O)c1. The van der Waals surface area contributed by atoms with Crippen molar-refractivity contribution >= 4 is 11.8 Å². The van der Waals surface area contributed by atoms with Gasteiger partial charge in [-0.3, -0.25) is 9.59 Å². The molecule has 0 aliphatic carbocycles. The summed E-state index contributed by atoms with van der Waals surface area (Å²) >= 11 is 0. The third kappa shape index (κ3) is 4.38. The molecule has 116 valence electrons. The van der Waals surface area contributed by atoms with Crippen LogP contribution in [0.2, 0.25) is 0 Å². The van der Waals surface area contributed by atoms with E-state index in [4.69, 9.17) is 11.0 Å². The van der Waals surface area contributed by atoms with Gasteiger partial charge in [0, 0.05) is 12.0 Å². The molecule has 2 amide bonds. The summed E-state index contributed by atoms with van der Waals surface area (Å²) in [5.74, 6) is -1.67. The molecule has 0 aliphatic heterocycles. The lowest BCUT2D eigenvalue weighted by Gasteiger charge is -2.15. The van der Waals surface area contributed by atoms with Crippen LogP contribution in [0.4, 0.5) is 4.39 Å². The van der Waals surface area contributed by atoms with Crippen LogP contribution < -0.4 is 11.1 Å². The summed E-state index contributed by atoms with van der Waals surface area (Å²) in [6, 6.07) is 12.7. The molecule has 2 rings (SSSR count). The van der Waals surface area contributed by atoms with Crippen LogP contribution in [-0.4, -0.2) is 17.9 Å². The summed E-state index contributed by atoms with van der Waals surface area (Å²) in [4.78, 5) is 23.7. The number of nitrogens with zero attached hydrogens (tertiary/aromatic N) is 1. The Hall–Kier alpha value is -3.20. The number of nitriles is 1. The minimum atomic E-state index is -0.929. The van der Waals surface area contributed by atoms with Gasteiger partial charge >= 0.3 is 0 Å². The van der Waals surface area contributed by atoms with Crippen molar-refractivity contribution in [2.75, 3.05) is 0 Å². The zero-order valence-electron chi connectivity index (χ0n) is 12.1. The van der Waals surface area contributed by atoms with Crippen molar-refractivity contribution in [2.24, 2.45) is 5.73 Å². The fourth-order valence-electron chi connectivity index (χ4n) is 2.07. The number of hydrogen-bond donors (Lipinski definition) is 2. The van der Waals surface area contributed by atoms with E-state index in [1.807, 2.05) is 6.07 Å². The Bertz CT molecular complexity index is 766. The van der Waals surface area contributed by atoms with Gasteiger partial charge in [0.15, 0.2) is 0 Å². The van der Waals surface area contributed by atoms with E-state index in [9.17, 15) is 14.0 Å². The lowest BCUT2D eigenvalue weighted by atomic mass is 10.0. The van der Waals surface area contributed by atoms with Crippen molar-refractivity contribution in [1.82, 2.24) is 5.32 Å². The van der Waals surface area contributed by atoms with Gasteiger partial charge in [0.2, 0.25) is 5.91 Å². The number of halogens is 1. The molecule has 0 aromatic heterocycles. The van der Waals surface area contributed by atoms with Gasteiger partial charge in [-0.25, -0.2) is 4.39 Å². The highest BCUT2D eigenvalue weighted by Crippen LogP contribution is 2.08. The first-order valence-electron chi connectivity index (χ1n) is 6.84. The molecule has 0 bridgehead atoms.